The normalized spacial score (nSPS) is 13.2. The van der Waals surface area contributed by atoms with Gasteiger partial charge in [0.05, 0.1) is 42.1 Å². The van der Waals surface area contributed by atoms with Crippen LogP contribution >= 0.6 is 0 Å². The molecule has 1 saturated heterocycles. The third kappa shape index (κ3) is 4.45. The summed E-state index contributed by atoms with van der Waals surface area (Å²) in [5.41, 5.74) is 6.69. The molecular formula is C25H25N7O. The first-order valence-corrected chi connectivity index (χ1v) is 11.0. The second kappa shape index (κ2) is 9.20. The fraction of sp³-hybridized carbons (Fsp3) is 0.240. The molecule has 1 aromatic carbocycles. The molecule has 1 fully saturated rings. The Hall–Kier alpha value is -4.07. The number of pyridine rings is 1. The van der Waals surface area contributed by atoms with Crippen LogP contribution in [0.2, 0.25) is 0 Å². The Labute approximate surface area is 192 Å². The minimum Gasteiger partial charge on any atom is -0.480 e. The molecule has 3 aromatic heterocycles. The highest BCUT2D eigenvalue weighted by atomic mass is 16.5. The number of hydrogen-bond donors (Lipinski definition) is 1. The molecule has 5 rings (SSSR count). The van der Waals surface area contributed by atoms with Crippen molar-refractivity contribution in [3.63, 3.8) is 0 Å². The van der Waals surface area contributed by atoms with Crippen LogP contribution in [0.25, 0.3) is 22.4 Å². The van der Waals surface area contributed by atoms with Crippen LogP contribution in [0.3, 0.4) is 0 Å². The van der Waals surface area contributed by atoms with Gasteiger partial charge in [-0.15, -0.1) is 0 Å². The quantitative estimate of drug-likeness (QED) is 0.464. The third-order valence-corrected chi connectivity index (χ3v) is 5.79. The highest BCUT2D eigenvalue weighted by Crippen LogP contribution is 2.31. The van der Waals surface area contributed by atoms with Crippen molar-refractivity contribution in [3.05, 3.63) is 66.7 Å². The van der Waals surface area contributed by atoms with E-state index < -0.39 is 0 Å². The zero-order valence-electron chi connectivity index (χ0n) is 18.7. The van der Waals surface area contributed by atoms with E-state index in [1.807, 2.05) is 43.5 Å². The van der Waals surface area contributed by atoms with Crippen LogP contribution in [-0.4, -0.2) is 45.3 Å². The molecule has 0 amide bonds. The van der Waals surface area contributed by atoms with E-state index in [-0.39, 0.29) is 0 Å². The lowest BCUT2D eigenvalue weighted by atomic mass is 10.0. The number of nitrogens with one attached hydrogen (secondary N) is 1. The summed E-state index contributed by atoms with van der Waals surface area (Å²) in [6.07, 6.45) is 9.58. The van der Waals surface area contributed by atoms with Crippen LogP contribution < -0.4 is 15.0 Å². The maximum absolute atomic E-state index is 5.58. The fourth-order valence-corrected chi connectivity index (χ4v) is 4.04. The first-order valence-electron chi connectivity index (χ1n) is 11.0. The van der Waals surface area contributed by atoms with E-state index in [2.05, 4.69) is 41.4 Å². The Morgan fingerprint density at radius 2 is 1.76 bits per heavy atom. The molecule has 8 nitrogen and oxygen atoms in total. The standard InChI is InChI=1S/C25H25N7O/c1-17-9-10-28-31-23(17)19-7-5-18(6-8-19)22-16-27-25(30-24(22)33-2)29-20-13-21(15-26-14-20)32-11-3-4-12-32/h5-10,13-16H,3-4,11-12H2,1-2H3,(H,27,29,30). The van der Waals surface area contributed by atoms with Crippen molar-refractivity contribution in [3.8, 4) is 28.3 Å². The molecule has 0 bridgehead atoms. The Morgan fingerprint density at radius 3 is 2.52 bits per heavy atom. The summed E-state index contributed by atoms with van der Waals surface area (Å²) in [5, 5.41) is 11.5. The minimum atomic E-state index is 0.461. The molecule has 0 radical (unpaired) electrons. The summed E-state index contributed by atoms with van der Waals surface area (Å²) in [7, 11) is 1.61. The molecule has 1 aliphatic rings. The molecule has 4 heterocycles. The molecule has 1 N–H and O–H groups in total. The zero-order chi connectivity index (χ0) is 22.6. The molecule has 166 valence electrons. The van der Waals surface area contributed by atoms with Crippen LogP contribution in [-0.2, 0) is 0 Å². The first-order chi connectivity index (χ1) is 16.2. The summed E-state index contributed by atoms with van der Waals surface area (Å²) in [5.74, 6) is 0.961. The van der Waals surface area contributed by atoms with Gasteiger partial charge in [0.15, 0.2) is 0 Å². The molecule has 0 atom stereocenters. The molecule has 1 aliphatic heterocycles. The van der Waals surface area contributed by atoms with Gasteiger partial charge in [0, 0.05) is 31.0 Å². The van der Waals surface area contributed by atoms with Crippen LogP contribution in [0.15, 0.2) is 61.2 Å². The molecule has 4 aromatic rings. The van der Waals surface area contributed by atoms with Crippen LogP contribution in [0.1, 0.15) is 18.4 Å². The average molecular weight is 440 g/mol. The van der Waals surface area contributed by atoms with E-state index in [9.17, 15) is 0 Å². The van der Waals surface area contributed by atoms with E-state index in [1.54, 1.807) is 25.7 Å². The van der Waals surface area contributed by atoms with Crippen molar-refractivity contribution < 1.29 is 4.74 Å². The summed E-state index contributed by atoms with van der Waals surface area (Å²) in [6.45, 7) is 4.16. The van der Waals surface area contributed by atoms with Gasteiger partial charge < -0.3 is 15.0 Å². The highest BCUT2D eigenvalue weighted by molar-refractivity contribution is 5.73. The van der Waals surface area contributed by atoms with Crippen LogP contribution in [0.4, 0.5) is 17.3 Å². The van der Waals surface area contributed by atoms with Crippen molar-refractivity contribution in [1.29, 1.82) is 0 Å². The van der Waals surface area contributed by atoms with E-state index in [0.29, 0.717) is 11.8 Å². The van der Waals surface area contributed by atoms with Gasteiger partial charge in [-0.3, -0.25) is 4.98 Å². The van der Waals surface area contributed by atoms with E-state index in [0.717, 1.165) is 52.4 Å². The van der Waals surface area contributed by atoms with Crippen molar-refractivity contribution in [1.82, 2.24) is 25.1 Å². The number of ether oxygens (including phenoxy) is 1. The number of hydrogen-bond acceptors (Lipinski definition) is 8. The van der Waals surface area contributed by atoms with E-state index in [1.165, 1.54) is 12.8 Å². The highest BCUT2D eigenvalue weighted by Gasteiger charge is 2.14. The number of rotatable bonds is 6. The SMILES string of the molecule is COc1nc(Nc2cncc(N3CCCC3)c2)ncc1-c1ccc(-c2nnccc2C)cc1. The molecule has 33 heavy (non-hydrogen) atoms. The lowest BCUT2D eigenvalue weighted by Crippen LogP contribution is -2.17. The maximum atomic E-state index is 5.58. The van der Waals surface area contributed by atoms with Crippen molar-refractivity contribution in [2.75, 3.05) is 30.4 Å². The number of aromatic nitrogens is 5. The van der Waals surface area contributed by atoms with E-state index in [4.69, 9.17) is 4.74 Å². The summed E-state index contributed by atoms with van der Waals surface area (Å²) in [4.78, 5) is 15.8. The second-order valence-corrected chi connectivity index (χ2v) is 8.01. The van der Waals surface area contributed by atoms with Gasteiger partial charge in [-0.2, -0.15) is 15.2 Å². The minimum absolute atomic E-state index is 0.461. The predicted octanol–water partition coefficient (Wildman–Crippen LogP) is 4.66. The van der Waals surface area contributed by atoms with Gasteiger partial charge >= 0.3 is 0 Å². The largest absolute Gasteiger partial charge is 0.480 e. The van der Waals surface area contributed by atoms with Gasteiger partial charge in [-0.05, 0) is 43.0 Å². The van der Waals surface area contributed by atoms with E-state index >= 15 is 0 Å². The molecule has 0 saturated carbocycles. The lowest BCUT2D eigenvalue weighted by molar-refractivity contribution is 0.399. The van der Waals surface area contributed by atoms with Gasteiger partial charge in [-0.25, -0.2) is 4.98 Å². The van der Waals surface area contributed by atoms with Crippen LogP contribution in [0, 0.1) is 6.92 Å². The van der Waals surface area contributed by atoms with Crippen molar-refractivity contribution in [2.24, 2.45) is 0 Å². The first kappa shape index (κ1) is 20.8. The topological polar surface area (TPSA) is 89.0 Å². The number of benzene rings is 1. The lowest BCUT2D eigenvalue weighted by Gasteiger charge is -2.18. The molecule has 0 unspecified atom stereocenters. The molecular weight excluding hydrogens is 414 g/mol. The Bertz CT molecular complexity index is 1250. The smallest absolute Gasteiger partial charge is 0.230 e. The average Bonchev–Trinajstić information content (AvgIpc) is 3.40. The van der Waals surface area contributed by atoms with Crippen molar-refractivity contribution in [2.45, 2.75) is 19.8 Å². The number of aryl methyl sites for hydroxylation is 1. The van der Waals surface area contributed by atoms with Gasteiger partial charge in [0.25, 0.3) is 0 Å². The number of anilines is 3. The molecule has 0 spiro atoms. The Balaban J connectivity index is 1.37. The molecule has 8 heteroatoms. The van der Waals surface area contributed by atoms with Gasteiger partial charge in [0.1, 0.15) is 0 Å². The predicted molar refractivity (Wildman–Crippen MR) is 129 cm³/mol. The van der Waals surface area contributed by atoms with Crippen LogP contribution in [0.5, 0.6) is 5.88 Å². The monoisotopic (exact) mass is 439 g/mol. The fourth-order valence-electron chi connectivity index (χ4n) is 4.04. The Morgan fingerprint density at radius 1 is 0.970 bits per heavy atom. The molecule has 0 aliphatic carbocycles. The zero-order valence-corrected chi connectivity index (χ0v) is 18.7. The number of methoxy groups -OCH3 is 1. The summed E-state index contributed by atoms with van der Waals surface area (Å²) in [6, 6.07) is 12.1. The Kier molecular flexibility index (Phi) is 5.80. The third-order valence-electron chi connectivity index (χ3n) is 5.79. The summed E-state index contributed by atoms with van der Waals surface area (Å²) >= 11 is 0. The van der Waals surface area contributed by atoms with Crippen molar-refractivity contribution >= 4 is 17.3 Å². The second-order valence-electron chi connectivity index (χ2n) is 8.01. The van der Waals surface area contributed by atoms with Gasteiger partial charge in [0.2, 0.25) is 11.8 Å². The van der Waals surface area contributed by atoms with Gasteiger partial charge in [-0.1, -0.05) is 24.3 Å². The summed E-state index contributed by atoms with van der Waals surface area (Å²) < 4.78 is 5.58. The maximum Gasteiger partial charge on any atom is 0.230 e. The number of nitrogens with zero attached hydrogens (tertiary/aromatic N) is 6.